The Labute approximate surface area is 188 Å². The summed E-state index contributed by atoms with van der Waals surface area (Å²) in [4.78, 5) is 35.9. The summed E-state index contributed by atoms with van der Waals surface area (Å²) in [6.45, 7) is 1.66. The van der Waals surface area contributed by atoms with Crippen LogP contribution in [0.3, 0.4) is 0 Å². The number of hydrogen-bond donors (Lipinski definition) is 3. The van der Waals surface area contributed by atoms with E-state index in [1.807, 2.05) is 37.3 Å². The maximum absolute atomic E-state index is 12.2. The van der Waals surface area contributed by atoms with Gasteiger partial charge in [0, 0.05) is 17.7 Å². The van der Waals surface area contributed by atoms with Gasteiger partial charge < -0.3 is 10.1 Å². The first kappa shape index (κ1) is 22.3. The van der Waals surface area contributed by atoms with Gasteiger partial charge in [0.1, 0.15) is 5.75 Å². The van der Waals surface area contributed by atoms with Gasteiger partial charge in [-0.1, -0.05) is 37.3 Å². The van der Waals surface area contributed by atoms with Gasteiger partial charge in [-0.05, 0) is 63.5 Å². The van der Waals surface area contributed by atoms with Crippen molar-refractivity contribution in [2.45, 2.75) is 19.8 Å². The van der Waals surface area contributed by atoms with Gasteiger partial charge in [-0.15, -0.1) is 0 Å². The van der Waals surface area contributed by atoms with Gasteiger partial charge in [0.25, 0.3) is 11.8 Å². The molecule has 8 heteroatoms. The average molecular weight is 484 g/mol. The van der Waals surface area contributed by atoms with Crippen LogP contribution in [-0.4, -0.2) is 24.3 Å². The summed E-state index contributed by atoms with van der Waals surface area (Å²) in [5.74, 6) is -0.533. The predicted octanol–water partition coefficient (Wildman–Crippen LogP) is 4.18. The largest absolute Gasteiger partial charge is 0.483 e. The Hall–Kier alpha value is -3.39. The van der Waals surface area contributed by atoms with Gasteiger partial charge in [0.15, 0.2) is 6.61 Å². The molecule has 0 aliphatic carbocycles. The van der Waals surface area contributed by atoms with Crippen LogP contribution < -0.4 is 20.9 Å². The van der Waals surface area contributed by atoms with E-state index in [4.69, 9.17) is 4.74 Å². The fraction of sp³-hybridized carbons (Fsp3) is 0.174. The lowest BCUT2D eigenvalue weighted by Gasteiger charge is -2.11. The highest BCUT2D eigenvalue weighted by atomic mass is 79.9. The van der Waals surface area contributed by atoms with Gasteiger partial charge in [-0.25, -0.2) is 0 Å². The quantitative estimate of drug-likeness (QED) is 0.439. The normalized spacial score (nSPS) is 10.4. The van der Waals surface area contributed by atoms with Gasteiger partial charge in [0.05, 0.1) is 4.47 Å². The minimum absolute atomic E-state index is 0.0787. The summed E-state index contributed by atoms with van der Waals surface area (Å²) in [6, 6.07) is 17.9. The van der Waals surface area contributed by atoms with Crippen molar-refractivity contribution in [3.8, 4) is 5.75 Å². The Balaban J connectivity index is 1.49. The third-order valence-corrected chi connectivity index (χ3v) is 5.23. The zero-order chi connectivity index (χ0) is 22.2. The van der Waals surface area contributed by atoms with Crippen LogP contribution in [0.5, 0.6) is 5.75 Å². The van der Waals surface area contributed by atoms with Gasteiger partial charge in [-0.3, -0.25) is 25.2 Å². The fourth-order valence-electron chi connectivity index (χ4n) is 2.86. The summed E-state index contributed by atoms with van der Waals surface area (Å²) >= 11 is 3.50. The SMILES string of the molecule is CCCC(=O)Nc1ccc(C(=O)NNC(=O)COc2ccc3ccccc3c2Br)cc1. The summed E-state index contributed by atoms with van der Waals surface area (Å²) in [5, 5.41) is 4.77. The maximum Gasteiger partial charge on any atom is 0.276 e. The fourth-order valence-corrected chi connectivity index (χ4v) is 3.47. The van der Waals surface area contributed by atoms with Crippen molar-refractivity contribution in [3.05, 3.63) is 70.7 Å². The van der Waals surface area contributed by atoms with Crippen LogP contribution in [0.15, 0.2) is 65.1 Å². The van der Waals surface area contributed by atoms with Crippen molar-refractivity contribution in [1.29, 1.82) is 0 Å². The van der Waals surface area contributed by atoms with Crippen molar-refractivity contribution in [2.24, 2.45) is 0 Å². The highest BCUT2D eigenvalue weighted by Crippen LogP contribution is 2.32. The second-order valence-corrected chi connectivity index (χ2v) is 7.56. The van der Waals surface area contributed by atoms with E-state index in [-0.39, 0.29) is 12.5 Å². The molecule has 0 unspecified atom stereocenters. The number of nitrogens with one attached hydrogen (secondary N) is 3. The molecular formula is C23H22BrN3O4. The second kappa shape index (κ2) is 10.6. The van der Waals surface area contributed by atoms with Crippen molar-refractivity contribution in [3.63, 3.8) is 0 Å². The van der Waals surface area contributed by atoms with Crippen LogP contribution in [0, 0.1) is 0 Å². The van der Waals surface area contributed by atoms with Crippen LogP contribution in [-0.2, 0) is 9.59 Å². The highest BCUT2D eigenvalue weighted by Gasteiger charge is 2.11. The van der Waals surface area contributed by atoms with E-state index in [1.54, 1.807) is 30.3 Å². The minimum Gasteiger partial charge on any atom is -0.483 e. The van der Waals surface area contributed by atoms with E-state index in [0.717, 1.165) is 21.7 Å². The van der Waals surface area contributed by atoms with E-state index in [9.17, 15) is 14.4 Å². The van der Waals surface area contributed by atoms with Gasteiger partial charge in [-0.2, -0.15) is 0 Å². The third-order valence-electron chi connectivity index (χ3n) is 4.41. The first-order chi connectivity index (χ1) is 15.0. The molecule has 0 spiro atoms. The Kier molecular flexibility index (Phi) is 7.61. The number of ether oxygens (including phenoxy) is 1. The third kappa shape index (κ3) is 6.05. The summed E-state index contributed by atoms with van der Waals surface area (Å²) in [6.07, 6.45) is 1.19. The lowest BCUT2D eigenvalue weighted by molar-refractivity contribution is -0.123. The van der Waals surface area contributed by atoms with E-state index in [0.29, 0.717) is 23.4 Å². The number of fused-ring (bicyclic) bond motifs is 1. The minimum atomic E-state index is -0.503. The molecule has 0 aliphatic rings. The molecule has 0 saturated heterocycles. The molecule has 3 aromatic rings. The zero-order valence-electron chi connectivity index (χ0n) is 16.9. The predicted molar refractivity (Wildman–Crippen MR) is 123 cm³/mol. The topological polar surface area (TPSA) is 96.5 Å². The Morgan fingerprint density at radius 1 is 0.903 bits per heavy atom. The number of halogens is 1. The molecule has 0 fully saturated rings. The van der Waals surface area contributed by atoms with Crippen molar-refractivity contribution >= 4 is 50.1 Å². The number of amides is 3. The first-order valence-corrected chi connectivity index (χ1v) is 10.6. The number of hydrogen-bond acceptors (Lipinski definition) is 4. The number of benzene rings is 3. The van der Waals surface area contributed by atoms with Crippen LogP contribution in [0.2, 0.25) is 0 Å². The molecule has 31 heavy (non-hydrogen) atoms. The first-order valence-electron chi connectivity index (χ1n) is 9.77. The molecule has 0 aromatic heterocycles. The molecule has 160 valence electrons. The Morgan fingerprint density at radius 3 is 2.39 bits per heavy atom. The molecular weight excluding hydrogens is 462 g/mol. The molecule has 0 radical (unpaired) electrons. The summed E-state index contributed by atoms with van der Waals surface area (Å²) < 4.78 is 6.32. The maximum atomic E-state index is 12.2. The smallest absolute Gasteiger partial charge is 0.276 e. The van der Waals surface area contributed by atoms with Crippen LogP contribution in [0.25, 0.3) is 10.8 Å². The van der Waals surface area contributed by atoms with Crippen molar-refractivity contribution in [1.82, 2.24) is 10.9 Å². The average Bonchev–Trinajstić information content (AvgIpc) is 2.78. The molecule has 0 atom stereocenters. The van der Waals surface area contributed by atoms with E-state index in [1.165, 1.54) is 0 Å². The number of carbonyl (C=O) groups is 3. The molecule has 3 rings (SSSR count). The van der Waals surface area contributed by atoms with Gasteiger partial charge >= 0.3 is 0 Å². The van der Waals surface area contributed by atoms with E-state index < -0.39 is 11.8 Å². The molecule has 3 aromatic carbocycles. The molecule has 0 bridgehead atoms. The lowest BCUT2D eigenvalue weighted by Crippen LogP contribution is -2.43. The van der Waals surface area contributed by atoms with E-state index in [2.05, 4.69) is 32.1 Å². The lowest BCUT2D eigenvalue weighted by atomic mass is 10.1. The summed E-state index contributed by atoms with van der Waals surface area (Å²) in [5.41, 5.74) is 5.61. The molecule has 7 nitrogen and oxygen atoms in total. The van der Waals surface area contributed by atoms with E-state index >= 15 is 0 Å². The number of carbonyl (C=O) groups excluding carboxylic acids is 3. The second-order valence-electron chi connectivity index (χ2n) is 6.77. The highest BCUT2D eigenvalue weighted by molar-refractivity contribution is 9.10. The van der Waals surface area contributed by atoms with Crippen LogP contribution in [0.4, 0.5) is 5.69 Å². The molecule has 0 aliphatic heterocycles. The Bertz CT molecular complexity index is 1100. The zero-order valence-corrected chi connectivity index (χ0v) is 18.5. The van der Waals surface area contributed by atoms with Crippen LogP contribution >= 0.6 is 15.9 Å². The van der Waals surface area contributed by atoms with Crippen molar-refractivity contribution < 1.29 is 19.1 Å². The standard InChI is InChI=1S/C23H22BrN3O4/c1-2-5-20(28)25-17-11-8-16(9-12-17)23(30)27-26-21(29)14-31-19-13-10-15-6-3-4-7-18(15)22(19)24/h3-4,6-13H,2,5,14H2,1H3,(H,25,28)(H,26,29)(H,27,30). The van der Waals surface area contributed by atoms with Gasteiger partial charge in [0.2, 0.25) is 5.91 Å². The number of rotatable bonds is 7. The summed E-state index contributed by atoms with van der Waals surface area (Å²) in [7, 11) is 0. The van der Waals surface area contributed by atoms with Crippen molar-refractivity contribution in [2.75, 3.05) is 11.9 Å². The molecule has 3 amide bonds. The number of hydrazine groups is 1. The van der Waals surface area contributed by atoms with Crippen LogP contribution in [0.1, 0.15) is 30.1 Å². The molecule has 3 N–H and O–H groups in total. The molecule has 0 saturated carbocycles. The number of anilines is 1. The molecule has 0 heterocycles. The monoisotopic (exact) mass is 483 g/mol. The Morgan fingerprint density at radius 2 is 1.65 bits per heavy atom.